The first-order valence-electron chi connectivity index (χ1n) is 6.94. The van der Waals surface area contributed by atoms with Gasteiger partial charge in [-0.05, 0) is 43.0 Å². The zero-order valence-electron chi connectivity index (χ0n) is 10.9. The lowest BCUT2D eigenvalue weighted by molar-refractivity contribution is 0.526. The molecule has 1 aromatic carbocycles. The zero-order chi connectivity index (χ0) is 13.7. The largest absolute Gasteiger partial charge is 0.323 e. The van der Waals surface area contributed by atoms with Gasteiger partial charge >= 0.3 is 0 Å². The summed E-state index contributed by atoms with van der Waals surface area (Å²) in [4.78, 5) is 6.77. The van der Waals surface area contributed by atoms with E-state index in [1.807, 2.05) is 18.2 Å². The van der Waals surface area contributed by atoms with Gasteiger partial charge < -0.3 is 10.2 Å². The molecule has 2 bridgehead atoms. The second-order valence-electron chi connectivity index (χ2n) is 5.59. The van der Waals surface area contributed by atoms with Gasteiger partial charge in [-0.1, -0.05) is 23.2 Å². The predicted octanol–water partition coefficient (Wildman–Crippen LogP) is 3.62. The van der Waals surface area contributed by atoms with Crippen molar-refractivity contribution in [2.45, 2.75) is 31.3 Å². The lowest BCUT2D eigenvalue weighted by Crippen LogP contribution is -2.44. The Bertz CT molecular complexity index is 624. The number of hydrogen-bond donors (Lipinski definition) is 1. The number of rotatable bonds is 1. The van der Waals surface area contributed by atoms with Crippen LogP contribution in [0.25, 0.3) is 0 Å². The summed E-state index contributed by atoms with van der Waals surface area (Å²) in [6.07, 6.45) is 5.58. The third kappa shape index (κ3) is 1.96. The Kier molecular flexibility index (Phi) is 3.02. The molecule has 1 N–H and O–H groups in total. The first-order valence-corrected chi connectivity index (χ1v) is 7.69. The van der Waals surface area contributed by atoms with Crippen molar-refractivity contribution >= 4 is 35.1 Å². The summed E-state index contributed by atoms with van der Waals surface area (Å²) >= 11 is 12.2. The van der Waals surface area contributed by atoms with Crippen LogP contribution in [0.5, 0.6) is 0 Å². The molecule has 0 aliphatic carbocycles. The first-order chi connectivity index (χ1) is 9.72. The van der Waals surface area contributed by atoms with Crippen LogP contribution < -0.4 is 10.2 Å². The highest BCUT2D eigenvalue weighted by Crippen LogP contribution is 2.38. The third-order valence-electron chi connectivity index (χ3n) is 4.34. The molecule has 0 spiro atoms. The monoisotopic (exact) mass is 307 g/mol. The van der Waals surface area contributed by atoms with Crippen LogP contribution in [0.15, 0.2) is 34.5 Å². The van der Waals surface area contributed by atoms with Gasteiger partial charge in [0.2, 0.25) is 0 Å². The van der Waals surface area contributed by atoms with E-state index >= 15 is 0 Å². The highest BCUT2D eigenvalue weighted by Gasteiger charge is 2.37. The summed E-state index contributed by atoms with van der Waals surface area (Å²) in [5.74, 6) is 0. The van der Waals surface area contributed by atoms with Gasteiger partial charge in [0.25, 0.3) is 0 Å². The average Bonchev–Trinajstić information content (AvgIpc) is 2.83. The summed E-state index contributed by atoms with van der Waals surface area (Å²) < 4.78 is 0. The van der Waals surface area contributed by atoms with E-state index in [9.17, 15) is 0 Å². The topological polar surface area (TPSA) is 27.6 Å². The van der Waals surface area contributed by atoms with Gasteiger partial charge in [0.15, 0.2) is 0 Å². The number of benzene rings is 1. The number of anilines is 1. The van der Waals surface area contributed by atoms with Crippen molar-refractivity contribution in [2.75, 3.05) is 11.6 Å². The molecule has 5 heteroatoms. The van der Waals surface area contributed by atoms with Gasteiger partial charge in [0, 0.05) is 29.7 Å². The number of hydrogen-bond acceptors (Lipinski definition) is 3. The molecule has 3 nitrogen and oxygen atoms in total. The molecule has 20 heavy (non-hydrogen) atoms. The Morgan fingerprint density at radius 3 is 2.95 bits per heavy atom. The van der Waals surface area contributed by atoms with Crippen LogP contribution in [-0.4, -0.2) is 25.0 Å². The van der Waals surface area contributed by atoms with Crippen molar-refractivity contribution in [2.24, 2.45) is 4.99 Å². The van der Waals surface area contributed by atoms with Gasteiger partial charge in [-0.3, -0.25) is 4.99 Å². The van der Waals surface area contributed by atoms with E-state index in [0.717, 1.165) is 12.1 Å². The van der Waals surface area contributed by atoms with Crippen molar-refractivity contribution in [1.29, 1.82) is 0 Å². The quantitative estimate of drug-likeness (QED) is 0.858. The molecule has 3 heterocycles. The van der Waals surface area contributed by atoms with E-state index in [1.165, 1.54) is 24.1 Å². The van der Waals surface area contributed by atoms with E-state index in [2.05, 4.69) is 21.4 Å². The Balaban J connectivity index is 1.76. The smallest absolute Gasteiger partial charge is 0.114 e. The van der Waals surface area contributed by atoms with E-state index < -0.39 is 0 Å². The maximum atomic E-state index is 6.16. The van der Waals surface area contributed by atoms with Crippen LogP contribution >= 0.6 is 23.2 Å². The SMILES string of the molecule is Clc1ccc(N2CN=CC3=C2[C@@H]2CC[C@H](C3)N2)cc1Cl. The minimum absolute atomic E-state index is 0.449. The molecule has 0 amide bonds. The van der Waals surface area contributed by atoms with E-state index in [0.29, 0.717) is 28.8 Å². The highest BCUT2D eigenvalue weighted by atomic mass is 35.5. The Morgan fingerprint density at radius 1 is 1.20 bits per heavy atom. The number of aliphatic imine (C=N–C) groups is 1. The summed E-state index contributed by atoms with van der Waals surface area (Å²) in [7, 11) is 0. The van der Waals surface area contributed by atoms with Crippen LogP contribution in [0.1, 0.15) is 19.3 Å². The summed E-state index contributed by atoms with van der Waals surface area (Å²) in [5.41, 5.74) is 3.80. The molecule has 0 saturated carbocycles. The Morgan fingerprint density at radius 2 is 2.10 bits per heavy atom. The molecule has 2 atom stereocenters. The van der Waals surface area contributed by atoms with Crippen molar-refractivity contribution in [3.05, 3.63) is 39.5 Å². The maximum Gasteiger partial charge on any atom is 0.114 e. The number of nitrogens with zero attached hydrogens (tertiary/aromatic N) is 2. The highest BCUT2D eigenvalue weighted by molar-refractivity contribution is 6.42. The van der Waals surface area contributed by atoms with E-state index in [4.69, 9.17) is 23.2 Å². The second kappa shape index (κ2) is 4.76. The molecule has 1 saturated heterocycles. The molecule has 0 radical (unpaired) electrons. The Labute approximate surface area is 128 Å². The fraction of sp³-hybridized carbons (Fsp3) is 0.400. The molecule has 1 fully saturated rings. The molecule has 104 valence electrons. The first kappa shape index (κ1) is 12.7. The molecule has 0 aromatic heterocycles. The molecular formula is C15H15Cl2N3. The van der Waals surface area contributed by atoms with Crippen molar-refractivity contribution in [1.82, 2.24) is 5.32 Å². The lowest BCUT2D eigenvalue weighted by atomic mass is 9.99. The maximum absolute atomic E-state index is 6.16. The van der Waals surface area contributed by atoms with Crippen LogP contribution in [0.4, 0.5) is 5.69 Å². The van der Waals surface area contributed by atoms with Gasteiger partial charge in [-0.2, -0.15) is 0 Å². The second-order valence-corrected chi connectivity index (χ2v) is 6.40. The summed E-state index contributed by atoms with van der Waals surface area (Å²) in [5, 5.41) is 4.88. The van der Waals surface area contributed by atoms with E-state index in [1.54, 1.807) is 0 Å². The summed E-state index contributed by atoms with van der Waals surface area (Å²) in [6, 6.07) is 6.87. The standard InChI is InChI=1S/C15H15Cl2N3/c16-12-3-2-11(6-13(12)17)20-8-18-7-9-5-10-1-4-14(19-10)15(9)20/h2-3,6-7,10,14,19H,1,4-5,8H2/t10-,14+/m1/s1. The minimum Gasteiger partial charge on any atom is -0.323 e. The van der Waals surface area contributed by atoms with Crippen LogP contribution in [-0.2, 0) is 0 Å². The van der Waals surface area contributed by atoms with Gasteiger partial charge in [-0.25, -0.2) is 0 Å². The minimum atomic E-state index is 0.449. The molecule has 0 unspecified atom stereocenters. The predicted molar refractivity (Wildman–Crippen MR) is 83.9 cm³/mol. The van der Waals surface area contributed by atoms with Crippen molar-refractivity contribution < 1.29 is 0 Å². The van der Waals surface area contributed by atoms with Crippen LogP contribution in [0.2, 0.25) is 10.0 Å². The molecule has 1 aromatic rings. The van der Waals surface area contributed by atoms with Crippen LogP contribution in [0, 0.1) is 0 Å². The van der Waals surface area contributed by atoms with Crippen molar-refractivity contribution in [3.8, 4) is 0 Å². The number of nitrogens with one attached hydrogen (secondary N) is 1. The van der Waals surface area contributed by atoms with Crippen molar-refractivity contribution in [3.63, 3.8) is 0 Å². The fourth-order valence-electron chi connectivity index (χ4n) is 3.45. The number of halogens is 2. The van der Waals surface area contributed by atoms with Gasteiger partial charge in [0.1, 0.15) is 6.67 Å². The average molecular weight is 308 g/mol. The normalized spacial score (nSPS) is 28.0. The van der Waals surface area contributed by atoms with Gasteiger partial charge in [-0.15, -0.1) is 0 Å². The molecule has 3 aliphatic rings. The summed E-state index contributed by atoms with van der Waals surface area (Å²) in [6.45, 7) is 0.652. The lowest BCUT2D eigenvalue weighted by Gasteiger charge is -2.37. The molecule has 3 aliphatic heterocycles. The fourth-order valence-corrected chi connectivity index (χ4v) is 3.74. The van der Waals surface area contributed by atoms with E-state index in [-0.39, 0.29) is 0 Å². The zero-order valence-corrected chi connectivity index (χ0v) is 12.5. The molecule has 4 rings (SSSR count). The number of fused-ring (bicyclic) bond motifs is 3. The third-order valence-corrected chi connectivity index (χ3v) is 5.08. The Hall–Kier alpha value is -1.03. The van der Waals surface area contributed by atoms with Crippen LogP contribution in [0.3, 0.4) is 0 Å². The molecular weight excluding hydrogens is 293 g/mol. The van der Waals surface area contributed by atoms with Gasteiger partial charge in [0.05, 0.1) is 10.0 Å².